The Bertz CT molecular complexity index is 417. The van der Waals surface area contributed by atoms with E-state index < -0.39 is 0 Å². The highest BCUT2D eigenvalue weighted by Gasteiger charge is 2.21. The number of nitrogens with two attached hydrogens (primary N) is 1. The molecule has 1 amide bonds. The van der Waals surface area contributed by atoms with E-state index in [1.54, 1.807) is 7.05 Å². The Morgan fingerprint density at radius 2 is 2.22 bits per heavy atom. The van der Waals surface area contributed by atoms with Crippen molar-refractivity contribution in [1.82, 2.24) is 9.69 Å². The zero-order valence-corrected chi connectivity index (χ0v) is 11.7. The summed E-state index contributed by atoms with van der Waals surface area (Å²) in [6.45, 7) is 4.86. The lowest BCUT2D eigenvalue weighted by Crippen LogP contribution is -2.25. The molecule has 0 unspecified atom stereocenters. The quantitative estimate of drug-likeness (QED) is 0.616. The fourth-order valence-corrected chi connectivity index (χ4v) is 2.18. The Morgan fingerprint density at radius 3 is 2.78 bits per heavy atom. The molecule has 0 radical (unpaired) electrons. The number of carbonyl (C=O) groups is 1. The van der Waals surface area contributed by atoms with E-state index in [9.17, 15) is 4.79 Å². The number of nitrogen functional groups attached to an aromatic ring is 1. The number of rotatable bonds is 6. The van der Waals surface area contributed by atoms with Crippen LogP contribution in [0.1, 0.15) is 30.6 Å². The van der Waals surface area contributed by atoms with Gasteiger partial charge in [0, 0.05) is 20.2 Å². The van der Waals surface area contributed by atoms with Crippen LogP contribution in [0.3, 0.4) is 0 Å². The van der Waals surface area contributed by atoms with Gasteiger partial charge in [-0.3, -0.25) is 4.79 Å². The average Bonchev–Trinajstić information content (AvgIpc) is 2.67. The third-order valence-electron chi connectivity index (χ3n) is 2.69. The summed E-state index contributed by atoms with van der Waals surface area (Å²) in [5, 5.41) is 15.3. The number of hydrogen-bond acceptors (Lipinski definition) is 6. The maximum atomic E-state index is 11.7. The monoisotopic (exact) mass is 272 g/mol. The predicted octanol–water partition coefficient (Wildman–Crippen LogP) is 0.905. The fraction of sp³-hybridized carbons (Fsp3) is 0.636. The Morgan fingerprint density at radius 1 is 1.56 bits per heavy atom. The molecule has 1 aromatic rings. The molecule has 0 bridgehead atoms. The Hall–Kier alpha value is -1.34. The number of aromatic nitrogens is 1. The minimum atomic E-state index is -0.247. The molecule has 18 heavy (non-hydrogen) atoms. The molecule has 0 spiro atoms. The van der Waals surface area contributed by atoms with Crippen molar-refractivity contribution in [2.75, 3.05) is 31.2 Å². The van der Waals surface area contributed by atoms with Crippen LogP contribution < -0.4 is 16.4 Å². The van der Waals surface area contributed by atoms with Crippen molar-refractivity contribution in [2.45, 2.75) is 20.3 Å². The fourth-order valence-electron chi connectivity index (χ4n) is 1.48. The summed E-state index contributed by atoms with van der Waals surface area (Å²) in [5.74, 6) is -0.00877. The summed E-state index contributed by atoms with van der Waals surface area (Å²) in [6.07, 6.45) is 0.684. The van der Waals surface area contributed by atoms with Gasteiger partial charge in [0.05, 0.1) is 0 Å². The van der Waals surface area contributed by atoms with Gasteiger partial charge in [-0.25, -0.2) is 0 Å². The largest absolute Gasteiger partial charge is 0.396 e. The van der Waals surface area contributed by atoms with Crippen LogP contribution in [0.25, 0.3) is 0 Å². The molecule has 7 heteroatoms. The molecule has 0 saturated heterocycles. The van der Waals surface area contributed by atoms with Crippen molar-refractivity contribution < 1.29 is 9.90 Å². The summed E-state index contributed by atoms with van der Waals surface area (Å²) in [5.41, 5.74) is 6.00. The predicted molar refractivity (Wildman–Crippen MR) is 73.9 cm³/mol. The van der Waals surface area contributed by atoms with Gasteiger partial charge in [0.2, 0.25) is 0 Å². The van der Waals surface area contributed by atoms with E-state index in [4.69, 9.17) is 10.8 Å². The number of anilines is 2. The molecule has 1 aromatic heterocycles. The summed E-state index contributed by atoms with van der Waals surface area (Å²) in [7, 11) is 1.55. The topological polar surface area (TPSA) is 100 Å². The zero-order valence-electron chi connectivity index (χ0n) is 10.9. The van der Waals surface area contributed by atoms with Gasteiger partial charge < -0.3 is 21.5 Å². The van der Waals surface area contributed by atoms with Crippen LogP contribution in [-0.4, -0.2) is 35.6 Å². The number of amides is 1. The van der Waals surface area contributed by atoms with Crippen LogP contribution in [0.4, 0.5) is 10.8 Å². The molecule has 0 aliphatic rings. The highest BCUT2D eigenvalue weighted by atomic mass is 32.1. The third-order valence-corrected chi connectivity index (χ3v) is 3.51. The lowest BCUT2D eigenvalue weighted by atomic mass is 9.90. The molecule has 1 rings (SSSR count). The number of aliphatic hydroxyl groups is 1. The number of hydrogen-bond donors (Lipinski definition) is 4. The highest BCUT2D eigenvalue weighted by Crippen LogP contribution is 2.28. The Kier molecular flexibility index (Phi) is 4.92. The maximum Gasteiger partial charge on any atom is 0.257 e. The van der Waals surface area contributed by atoms with E-state index in [1.165, 1.54) is 11.5 Å². The molecule has 6 nitrogen and oxygen atoms in total. The molecule has 0 saturated carbocycles. The highest BCUT2D eigenvalue weighted by molar-refractivity contribution is 7.11. The molecule has 1 heterocycles. The van der Waals surface area contributed by atoms with Crippen LogP contribution in [0, 0.1) is 5.41 Å². The second kappa shape index (κ2) is 6.01. The van der Waals surface area contributed by atoms with Crippen molar-refractivity contribution in [3.05, 3.63) is 5.56 Å². The molecule has 0 aromatic carbocycles. The molecule has 5 N–H and O–H groups in total. The van der Waals surface area contributed by atoms with Crippen molar-refractivity contribution >= 4 is 28.3 Å². The van der Waals surface area contributed by atoms with Gasteiger partial charge in [-0.1, -0.05) is 13.8 Å². The van der Waals surface area contributed by atoms with Crippen molar-refractivity contribution in [3.8, 4) is 0 Å². The lowest BCUT2D eigenvalue weighted by Gasteiger charge is -2.24. The van der Waals surface area contributed by atoms with E-state index in [0.29, 0.717) is 23.5 Å². The zero-order chi connectivity index (χ0) is 13.8. The van der Waals surface area contributed by atoms with E-state index in [1.807, 2.05) is 13.8 Å². The minimum absolute atomic E-state index is 0.0620. The smallest absolute Gasteiger partial charge is 0.257 e. The van der Waals surface area contributed by atoms with Gasteiger partial charge in [-0.2, -0.15) is 4.37 Å². The van der Waals surface area contributed by atoms with Crippen molar-refractivity contribution in [2.24, 2.45) is 5.41 Å². The molecule has 0 aliphatic heterocycles. The SMILES string of the molecule is CNC(=O)c1c(N)nsc1NCC(C)(C)CCO. The number of nitrogens with zero attached hydrogens (tertiary/aromatic N) is 1. The van der Waals surface area contributed by atoms with Crippen LogP contribution in [0.2, 0.25) is 0 Å². The number of nitrogens with one attached hydrogen (secondary N) is 2. The van der Waals surface area contributed by atoms with E-state index in [2.05, 4.69) is 15.0 Å². The van der Waals surface area contributed by atoms with Crippen molar-refractivity contribution in [3.63, 3.8) is 0 Å². The van der Waals surface area contributed by atoms with Gasteiger partial charge >= 0.3 is 0 Å². The normalized spacial score (nSPS) is 11.3. The first-order valence-electron chi connectivity index (χ1n) is 5.73. The van der Waals surface area contributed by atoms with Crippen LogP contribution in [-0.2, 0) is 0 Å². The van der Waals surface area contributed by atoms with Gasteiger partial charge in [0.25, 0.3) is 5.91 Å². The second-order valence-corrected chi connectivity index (χ2v) is 5.62. The minimum Gasteiger partial charge on any atom is -0.396 e. The first-order chi connectivity index (χ1) is 8.41. The lowest BCUT2D eigenvalue weighted by molar-refractivity contribution is 0.0965. The first kappa shape index (κ1) is 14.7. The molecule has 0 atom stereocenters. The second-order valence-electron chi connectivity index (χ2n) is 4.84. The van der Waals surface area contributed by atoms with Crippen molar-refractivity contribution in [1.29, 1.82) is 0 Å². The Labute approximate surface area is 111 Å². The van der Waals surface area contributed by atoms with Crippen LogP contribution in [0.15, 0.2) is 0 Å². The summed E-state index contributed by atoms with van der Waals surface area (Å²) >= 11 is 1.17. The van der Waals surface area contributed by atoms with E-state index in [-0.39, 0.29) is 23.7 Å². The van der Waals surface area contributed by atoms with E-state index >= 15 is 0 Å². The molecule has 102 valence electrons. The first-order valence-corrected chi connectivity index (χ1v) is 6.50. The molecule has 0 aliphatic carbocycles. The summed E-state index contributed by atoms with van der Waals surface area (Å²) in [4.78, 5) is 11.7. The molecule has 0 fully saturated rings. The van der Waals surface area contributed by atoms with Gasteiger partial charge in [-0.15, -0.1) is 0 Å². The third kappa shape index (κ3) is 3.58. The number of aliphatic hydroxyl groups excluding tert-OH is 1. The molecular weight excluding hydrogens is 252 g/mol. The summed E-state index contributed by atoms with van der Waals surface area (Å²) < 4.78 is 3.98. The van der Waals surface area contributed by atoms with Gasteiger partial charge in [0.1, 0.15) is 10.6 Å². The summed E-state index contributed by atoms with van der Waals surface area (Å²) in [6, 6.07) is 0. The standard InChI is InChI=1S/C11H20N4O2S/c1-11(2,4-5-16)6-14-10-7(9(17)13-3)8(12)15-18-10/h14,16H,4-6H2,1-3H3,(H2,12,15)(H,13,17). The van der Waals surface area contributed by atoms with E-state index in [0.717, 1.165) is 0 Å². The maximum absolute atomic E-state index is 11.7. The van der Waals surface area contributed by atoms with Gasteiger partial charge in [0.15, 0.2) is 5.82 Å². The van der Waals surface area contributed by atoms with Gasteiger partial charge in [-0.05, 0) is 23.4 Å². The van der Waals surface area contributed by atoms with Crippen LogP contribution >= 0.6 is 11.5 Å². The Balaban J connectivity index is 2.77. The average molecular weight is 272 g/mol. The van der Waals surface area contributed by atoms with Crippen LogP contribution in [0.5, 0.6) is 0 Å². The number of carbonyl (C=O) groups excluding carboxylic acids is 1. The molecular formula is C11H20N4O2S.